The van der Waals surface area contributed by atoms with Gasteiger partial charge in [-0.15, -0.1) is 11.3 Å². The van der Waals surface area contributed by atoms with Crippen molar-refractivity contribution in [1.29, 1.82) is 0 Å². The van der Waals surface area contributed by atoms with E-state index in [1.54, 1.807) is 18.4 Å². The van der Waals surface area contributed by atoms with Gasteiger partial charge in [0.2, 0.25) is 5.91 Å². The maximum Gasteiger partial charge on any atom is 0.225 e. The topological polar surface area (TPSA) is 90.9 Å². The number of likely N-dealkylation sites (tertiary alicyclic amines) is 1. The summed E-state index contributed by atoms with van der Waals surface area (Å²) in [6, 6.07) is 5.97. The Kier molecular flexibility index (Phi) is 5.60. The quantitative estimate of drug-likeness (QED) is 0.581. The number of aromatic nitrogens is 2. The number of benzene rings is 1. The van der Waals surface area contributed by atoms with E-state index >= 15 is 0 Å². The van der Waals surface area contributed by atoms with Crippen molar-refractivity contribution in [2.24, 2.45) is 5.92 Å². The fraction of sp³-hybridized carbons (Fsp3) is 0.520. The minimum atomic E-state index is -0.175. The number of aliphatic hydroxyl groups excluding tert-OH is 1. The minimum Gasteiger partial charge on any atom is -0.497 e. The highest BCUT2D eigenvalue weighted by Gasteiger charge is 2.54. The molecule has 0 saturated carbocycles. The number of nitrogens with zero attached hydrogens (tertiary/aromatic N) is 3. The maximum atomic E-state index is 13.2. The number of carbonyl (C=O) groups excluding carboxylic acids is 1. The molecule has 2 saturated heterocycles. The van der Waals surface area contributed by atoms with Gasteiger partial charge in [0.15, 0.2) is 0 Å². The fourth-order valence-electron chi connectivity index (χ4n) is 6.08. The van der Waals surface area contributed by atoms with Gasteiger partial charge in [0.05, 0.1) is 26.3 Å². The third-order valence-corrected chi connectivity index (χ3v) is 8.47. The number of rotatable bonds is 5. The maximum absolute atomic E-state index is 13.2. The Balaban J connectivity index is 1.38. The normalized spacial score (nSPS) is 22.6. The number of fused-ring (bicyclic) bond motifs is 4. The summed E-state index contributed by atoms with van der Waals surface area (Å²) in [7, 11) is 1.67. The average Bonchev–Trinajstić information content (AvgIpc) is 3.49. The van der Waals surface area contributed by atoms with E-state index in [4.69, 9.17) is 9.47 Å². The number of carbonyl (C=O) groups is 1. The van der Waals surface area contributed by atoms with Gasteiger partial charge in [0.25, 0.3) is 0 Å². The zero-order chi connectivity index (χ0) is 23.3. The molecule has 9 heteroatoms. The van der Waals surface area contributed by atoms with Crippen LogP contribution in [0.2, 0.25) is 0 Å². The number of thiazole rings is 1. The molecular formula is C25H30N4O4S. The van der Waals surface area contributed by atoms with Crippen LogP contribution in [0.25, 0.3) is 10.9 Å². The summed E-state index contributed by atoms with van der Waals surface area (Å²) in [4.78, 5) is 25.7. The molecule has 1 aromatic carbocycles. The summed E-state index contributed by atoms with van der Waals surface area (Å²) in [5.41, 5.74) is 3.13. The number of hydrogen-bond acceptors (Lipinski definition) is 7. The van der Waals surface area contributed by atoms with Gasteiger partial charge >= 0.3 is 0 Å². The first-order chi connectivity index (χ1) is 16.6. The predicted octanol–water partition coefficient (Wildman–Crippen LogP) is 2.69. The number of H-pyrrole nitrogens is 1. The number of nitrogens with one attached hydrogen (secondary N) is 1. The predicted molar refractivity (Wildman–Crippen MR) is 129 cm³/mol. The second-order valence-electron chi connectivity index (χ2n) is 9.72. The van der Waals surface area contributed by atoms with Crippen molar-refractivity contribution < 1.29 is 19.4 Å². The van der Waals surface area contributed by atoms with Gasteiger partial charge < -0.3 is 24.5 Å². The van der Waals surface area contributed by atoms with Gasteiger partial charge in [-0.05, 0) is 30.5 Å². The van der Waals surface area contributed by atoms with E-state index in [1.165, 1.54) is 5.56 Å². The zero-order valence-corrected chi connectivity index (χ0v) is 20.1. The minimum absolute atomic E-state index is 0.0170. The highest BCUT2D eigenvalue weighted by Crippen LogP contribution is 2.49. The molecule has 6 rings (SSSR count). The summed E-state index contributed by atoms with van der Waals surface area (Å²) >= 11 is 1.63. The molecule has 2 N–H and O–H groups in total. The molecule has 0 aliphatic carbocycles. The van der Waals surface area contributed by atoms with Crippen molar-refractivity contribution >= 4 is 28.1 Å². The Morgan fingerprint density at radius 1 is 1.32 bits per heavy atom. The molecule has 2 fully saturated rings. The second-order valence-corrected chi connectivity index (χ2v) is 10.7. The van der Waals surface area contributed by atoms with E-state index in [1.807, 2.05) is 28.6 Å². The van der Waals surface area contributed by atoms with Crippen LogP contribution in [-0.2, 0) is 21.5 Å². The molecule has 3 aromatic rings. The van der Waals surface area contributed by atoms with Gasteiger partial charge in [-0.2, -0.15) is 0 Å². The van der Waals surface area contributed by atoms with Crippen molar-refractivity contribution in [1.82, 2.24) is 19.8 Å². The van der Waals surface area contributed by atoms with E-state index in [2.05, 4.69) is 20.9 Å². The first kappa shape index (κ1) is 22.0. The Labute approximate surface area is 202 Å². The van der Waals surface area contributed by atoms with Crippen LogP contribution >= 0.6 is 11.3 Å². The van der Waals surface area contributed by atoms with Crippen LogP contribution in [0.1, 0.15) is 35.1 Å². The Hall–Kier alpha value is -2.46. The second kappa shape index (κ2) is 8.64. The van der Waals surface area contributed by atoms with Crippen LogP contribution in [0.3, 0.4) is 0 Å². The molecule has 180 valence electrons. The van der Waals surface area contributed by atoms with Crippen molar-refractivity contribution in [3.63, 3.8) is 0 Å². The number of ether oxygens (including phenoxy) is 2. The zero-order valence-electron chi connectivity index (χ0n) is 19.3. The third-order valence-electron chi connectivity index (χ3n) is 7.71. The van der Waals surface area contributed by atoms with Gasteiger partial charge in [-0.3, -0.25) is 9.69 Å². The van der Waals surface area contributed by atoms with E-state index in [9.17, 15) is 9.90 Å². The molecule has 1 atom stereocenters. The van der Waals surface area contributed by atoms with Crippen molar-refractivity contribution in [2.75, 3.05) is 46.6 Å². The lowest BCUT2D eigenvalue weighted by Crippen LogP contribution is -2.68. The van der Waals surface area contributed by atoms with Crippen molar-refractivity contribution in [3.8, 4) is 5.75 Å². The molecule has 3 aliphatic heterocycles. The standard InChI is InChI=1S/C25H30N4O4S/c1-32-17-2-3-18-19(10-17)27-23-20(12-30)28(11-21-26-6-9-34-21)13-25(22(18)23)14-29(15-25)24(31)16-4-7-33-8-5-16/h2-3,6,9-10,16,20,27,30H,4-5,7-8,11-15H2,1H3/t20-/m1/s1. The number of aliphatic hydroxyl groups is 1. The number of aromatic amines is 1. The van der Waals surface area contributed by atoms with Gasteiger partial charge in [-0.1, -0.05) is 0 Å². The molecule has 2 aromatic heterocycles. The van der Waals surface area contributed by atoms with E-state index in [0.717, 1.165) is 46.7 Å². The lowest BCUT2D eigenvalue weighted by molar-refractivity contribution is -0.148. The molecule has 1 amide bonds. The molecule has 5 heterocycles. The molecule has 8 nitrogen and oxygen atoms in total. The summed E-state index contributed by atoms with van der Waals surface area (Å²) in [6.07, 6.45) is 3.44. The average molecular weight is 483 g/mol. The van der Waals surface area contributed by atoms with Gasteiger partial charge in [0.1, 0.15) is 10.8 Å². The van der Waals surface area contributed by atoms with Crippen LogP contribution in [-0.4, -0.2) is 77.3 Å². The Morgan fingerprint density at radius 2 is 2.15 bits per heavy atom. The Morgan fingerprint density at radius 3 is 2.85 bits per heavy atom. The molecule has 0 radical (unpaired) electrons. The highest BCUT2D eigenvalue weighted by atomic mass is 32.1. The summed E-state index contributed by atoms with van der Waals surface area (Å²) < 4.78 is 10.9. The van der Waals surface area contributed by atoms with Crippen LogP contribution < -0.4 is 4.74 Å². The largest absolute Gasteiger partial charge is 0.497 e. The van der Waals surface area contributed by atoms with Crippen LogP contribution in [0, 0.1) is 5.92 Å². The monoisotopic (exact) mass is 482 g/mol. The van der Waals surface area contributed by atoms with Crippen LogP contribution in [0.5, 0.6) is 5.75 Å². The molecule has 1 spiro atoms. The molecular weight excluding hydrogens is 452 g/mol. The SMILES string of the molecule is COc1ccc2c3c([nH]c2c1)[C@@H](CO)N(Cc1nccs1)CC31CN(C(=O)C2CCOCC2)C1. The molecule has 3 aliphatic rings. The van der Waals surface area contributed by atoms with Gasteiger partial charge in [-0.25, -0.2) is 4.98 Å². The summed E-state index contributed by atoms with van der Waals surface area (Å²) in [5.74, 6) is 1.12. The van der Waals surface area contributed by atoms with Crippen molar-refractivity contribution in [3.05, 3.63) is 46.0 Å². The van der Waals surface area contributed by atoms with E-state index < -0.39 is 0 Å². The van der Waals surface area contributed by atoms with E-state index in [-0.39, 0.29) is 29.9 Å². The van der Waals surface area contributed by atoms with E-state index in [0.29, 0.717) is 32.8 Å². The summed E-state index contributed by atoms with van der Waals surface area (Å²) in [6.45, 7) is 4.21. The lowest BCUT2D eigenvalue weighted by Gasteiger charge is -2.56. The highest BCUT2D eigenvalue weighted by molar-refractivity contribution is 7.09. The number of hydrogen-bond donors (Lipinski definition) is 2. The third kappa shape index (κ3) is 3.53. The smallest absolute Gasteiger partial charge is 0.225 e. The number of amides is 1. The fourth-order valence-corrected chi connectivity index (χ4v) is 6.73. The molecule has 0 unspecified atom stereocenters. The Bertz CT molecular complexity index is 1180. The van der Waals surface area contributed by atoms with Crippen molar-refractivity contribution in [2.45, 2.75) is 30.8 Å². The summed E-state index contributed by atoms with van der Waals surface area (Å²) in [5, 5.41) is 14.6. The van der Waals surface area contributed by atoms with Gasteiger partial charge in [0, 0.05) is 78.4 Å². The first-order valence-electron chi connectivity index (χ1n) is 11.9. The molecule has 34 heavy (non-hydrogen) atoms. The molecule has 0 bridgehead atoms. The lowest BCUT2D eigenvalue weighted by atomic mass is 9.68. The van der Waals surface area contributed by atoms with Crippen LogP contribution in [0.4, 0.5) is 0 Å². The first-order valence-corrected chi connectivity index (χ1v) is 12.8. The number of methoxy groups -OCH3 is 1. The van der Waals surface area contributed by atoms with Crippen LogP contribution in [0.15, 0.2) is 29.8 Å².